The molecule has 0 radical (unpaired) electrons. The summed E-state index contributed by atoms with van der Waals surface area (Å²) in [6.45, 7) is 0.507. The first-order valence-electron chi connectivity index (χ1n) is 11.1. The Morgan fingerprint density at radius 3 is 2.42 bits per heavy atom. The summed E-state index contributed by atoms with van der Waals surface area (Å²) in [6, 6.07) is 15.7. The molecule has 0 spiro atoms. The highest BCUT2D eigenvalue weighted by Gasteiger charge is 2.45. The Morgan fingerprint density at radius 2 is 1.72 bits per heavy atom. The topological polar surface area (TPSA) is 67.2 Å². The van der Waals surface area contributed by atoms with Crippen LogP contribution in [0.5, 0.6) is 0 Å². The van der Waals surface area contributed by atoms with Crippen molar-refractivity contribution in [3.05, 3.63) is 90.1 Å². The van der Waals surface area contributed by atoms with Crippen molar-refractivity contribution < 1.29 is 27.2 Å². The van der Waals surface area contributed by atoms with Gasteiger partial charge in [-0.05, 0) is 35.9 Å². The molecule has 36 heavy (non-hydrogen) atoms. The zero-order valence-electron chi connectivity index (χ0n) is 19.0. The van der Waals surface area contributed by atoms with Crippen molar-refractivity contribution in [3.63, 3.8) is 0 Å². The number of benzene rings is 3. The highest BCUT2D eigenvalue weighted by atomic mass is 19.3. The molecule has 0 bridgehead atoms. The number of anilines is 1. The van der Waals surface area contributed by atoms with E-state index in [0.717, 1.165) is 12.1 Å². The molecule has 1 aliphatic rings. The maximum Gasteiger partial charge on any atom is 0.321 e. The van der Waals surface area contributed by atoms with Crippen LogP contribution < -0.4 is 10.2 Å². The van der Waals surface area contributed by atoms with Gasteiger partial charge in [0.05, 0.1) is 29.5 Å². The largest absolute Gasteiger partial charge is 0.345 e. The number of nitrogens with zero attached hydrogens (tertiary/aromatic N) is 3. The van der Waals surface area contributed by atoms with Gasteiger partial charge in [0.25, 0.3) is 5.91 Å². The second kappa shape index (κ2) is 8.78. The molecule has 1 N–H and O–H groups in total. The third kappa shape index (κ3) is 4.19. The molecule has 5 rings (SSSR count). The number of halogens is 4. The average Bonchev–Trinajstić information content (AvgIpc) is 3.41. The number of alkyl halides is 2. The summed E-state index contributed by atoms with van der Waals surface area (Å²) in [4.78, 5) is 26.6. The monoisotopic (exact) mass is 496 g/mol. The van der Waals surface area contributed by atoms with Crippen LogP contribution in [0.25, 0.3) is 16.6 Å². The van der Waals surface area contributed by atoms with Gasteiger partial charge in [-0.3, -0.25) is 9.59 Å². The summed E-state index contributed by atoms with van der Waals surface area (Å²) in [5, 5.41) is 7.22. The summed E-state index contributed by atoms with van der Waals surface area (Å²) in [6.07, 6.45) is 1.36. The summed E-state index contributed by atoms with van der Waals surface area (Å²) < 4.78 is 55.8. The van der Waals surface area contributed by atoms with Crippen LogP contribution in [0.15, 0.2) is 72.9 Å². The molecule has 10 heteroatoms. The fourth-order valence-corrected chi connectivity index (χ4v) is 4.49. The normalized spacial score (nSPS) is 18.1. The van der Waals surface area contributed by atoms with Crippen LogP contribution in [-0.4, -0.2) is 33.6 Å². The number of carbonyl (C=O) groups excluding carboxylic acids is 2. The number of fused-ring (bicyclic) bond motifs is 1. The smallest absolute Gasteiger partial charge is 0.321 e. The molecule has 2 heterocycles. The van der Waals surface area contributed by atoms with Crippen LogP contribution in [-0.2, 0) is 9.59 Å². The molecule has 1 aliphatic heterocycles. The van der Waals surface area contributed by atoms with Crippen molar-refractivity contribution in [2.24, 2.45) is 0 Å². The molecule has 1 fully saturated rings. The molecule has 1 saturated heterocycles. The van der Waals surface area contributed by atoms with Gasteiger partial charge in [0.1, 0.15) is 0 Å². The molecule has 0 saturated carbocycles. The molecule has 2 atom stereocenters. The Morgan fingerprint density at radius 1 is 1.00 bits per heavy atom. The van der Waals surface area contributed by atoms with Gasteiger partial charge in [0.2, 0.25) is 5.91 Å². The van der Waals surface area contributed by atoms with Gasteiger partial charge in [-0.2, -0.15) is 13.9 Å². The van der Waals surface area contributed by atoms with E-state index in [1.165, 1.54) is 21.8 Å². The first kappa shape index (κ1) is 23.5. The quantitative estimate of drug-likeness (QED) is 0.399. The molecule has 184 valence electrons. The van der Waals surface area contributed by atoms with Crippen molar-refractivity contribution in [1.82, 2.24) is 15.1 Å². The zero-order chi connectivity index (χ0) is 25.6. The molecule has 4 aromatic rings. The number of hydrogen-bond acceptors (Lipinski definition) is 3. The van der Waals surface area contributed by atoms with Gasteiger partial charge in [0.15, 0.2) is 11.6 Å². The van der Waals surface area contributed by atoms with E-state index in [9.17, 15) is 27.2 Å². The van der Waals surface area contributed by atoms with E-state index in [1.54, 1.807) is 48.5 Å². The minimum absolute atomic E-state index is 0.159. The Bertz CT molecular complexity index is 1470. The van der Waals surface area contributed by atoms with E-state index < -0.39 is 35.5 Å². The van der Waals surface area contributed by atoms with Crippen molar-refractivity contribution >= 4 is 28.4 Å². The lowest BCUT2D eigenvalue weighted by Gasteiger charge is -2.29. The summed E-state index contributed by atoms with van der Waals surface area (Å²) in [7, 11) is 0. The van der Waals surface area contributed by atoms with E-state index in [0.29, 0.717) is 34.8 Å². The third-order valence-electron chi connectivity index (χ3n) is 6.16. The Hall–Kier alpha value is -4.21. The molecular weight excluding hydrogens is 476 g/mol. The second-order valence-corrected chi connectivity index (χ2v) is 8.69. The maximum absolute atomic E-state index is 13.8. The van der Waals surface area contributed by atoms with Crippen molar-refractivity contribution in [1.29, 1.82) is 0 Å². The van der Waals surface area contributed by atoms with E-state index in [-0.39, 0.29) is 12.3 Å². The van der Waals surface area contributed by atoms with Crippen molar-refractivity contribution in [3.8, 4) is 5.69 Å². The number of carbonyl (C=O) groups is 2. The standard InChI is InChI=1S/C26H20F4N4O2/c1-26(29,30)25(36)32-21-13-23(35)33(24(21)15-5-3-2-4-6-15)17-8-10-22-16(11-17)14-31-34(22)18-7-9-19(27)20(28)12-18/h2-12,14,21,24H,13H2,1H3,(H,32,36)/t21-,24+/m0/s1. The Balaban J connectivity index is 1.54. The highest BCUT2D eigenvalue weighted by molar-refractivity contribution is 6.00. The lowest BCUT2D eigenvalue weighted by atomic mass is 9.99. The van der Waals surface area contributed by atoms with Crippen LogP contribution in [0.2, 0.25) is 0 Å². The van der Waals surface area contributed by atoms with Gasteiger partial charge in [-0.1, -0.05) is 30.3 Å². The van der Waals surface area contributed by atoms with Crippen molar-refractivity contribution in [2.75, 3.05) is 4.90 Å². The Kier molecular flexibility index (Phi) is 5.74. The van der Waals surface area contributed by atoms with Crippen LogP contribution >= 0.6 is 0 Å². The Labute approximate surface area is 203 Å². The number of rotatable bonds is 5. The fourth-order valence-electron chi connectivity index (χ4n) is 4.49. The van der Waals surface area contributed by atoms with Gasteiger partial charge < -0.3 is 10.2 Å². The molecule has 1 aromatic heterocycles. The SMILES string of the molecule is CC(F)(F)C(=O)N[C@H]1CC(=O)N(c2ccc3c(cnn3-c3ccc(F)c(F)c3)c2)[C@@H]1c1ccccc1. The lowest BCUT2D eigenvalue weighted by Crippen LogP contribution is -2.46. The van der Waals surface area contributed by atoms with Crippen molar-refractivity contribution in [2.45, 2.75) is 31.4 Å². The van der Waals surface area contributed by atoms with Gasteiger partial charge >= 0.3 is 5.92 Å². The lowest BCUT2D eigenvalue weighted by molar-refractivity contribution is -0.143. The van der Waals surface area contributed by atoms with Gasteiger partial charge in [0, 0.05) is 30.5 Å². The van der Waals surface area contributed by atoms with E-state index in [4.69, 9.17) is 0 Å². The number of hydrogen-bond donors (Lipinski definition) is 1. The molecule has 2 amide bonds. The maximum atomic E-state index is 13.8. The van der Waals surface area contributed by atoms with Crippen LogP contribution in [0, 0.1) is 11.6 Å². The minimum atomic E-state index is -3.59. The minimum Gasteiger partial charge on any atom is -0.345 e. The van der Waals surface area contributed by atoms with Gasteiger partial charge in [-0.15, -0.1) is 0 Å². The summed E-state index contributed by atoms with van der Waals surface area (Å²) in [5.74, 6) is -7.37. The van der Waals surface area contributed by atoms with Crippen LogP contribution in [0.1, 0.15) is 24.9 Å². The van der Waals surface area contributed by atoms with E-state index in [2.05, 4.69) is 10.4 Å². The molecule has 0 unspecified atom stereocenters. The fraction of sp³-hybridized carbons (Fsp3) is 0.192. The third-order valence-corrected chi connectivity index (χ3v) is 6.16. The molecule has 3 aromatic carbocycles. The molecule has 6 nitrogen and oxygen atoms in total. The van der Waals surface area contributed by atoms with Gasteiger partial charge in [-0.25, -0.2) is 13.5 Å². The summed E-state index contributed by atoms with van der Waals surface area (Å²) in [5.41, 5.74) is 2.05. The predicted octanol–water partition coefficient (Wildman–Crippen LogP) is 4.92. The predicted molar refractivity (Wildman–Crippen MR) is 125 cm³/mol. The molecular formula is C26H20F4N4O2. The average molecular weight is 496 g/mol. The van der Waals surface area contributed by atoms with E-state index >= 15 is 0 Å². The van der Waals surface area contributed by atoms with Crippen LogP contribution in [0.4, 0.5) is 23.2 Å². The van der Waals surface area contributed by atoms with Crippen LogP contribution in [0.3, 0.4) is 0 Å². The number of aromatic nitrogens is 2. The number of nitrogens with one attached hydrogen (secondary N) is 1. The highest BCUT2D eigenvalue weighted by Crippen LogP contribution is 2.39. The van der Waals surface area contributed by atoms with E-state index in [1.807, 2.05) is 0 Å². The first-order valence-corrected chi connectivity index (χ1v) is 11.1. The summed E-state index contributed by atoms with van der Waals surface area (Å²) >= 11 is 0. The molecule has 0 aliphatic carbocycles. The zero-order valence-corrected chi connectivity index (χ0v) is 19.0. The first-order chi connectivity index (χ1) is 17.1. The number of amides is 2. The second-order valence-electron chi connectivity index (χ2n) is 8.69.